The molecule has 2 aliphatic rings. The first kappa shape index (κ1) is 11.1. The quantitative estimate of drug-likeness (QED) is 0.797. The van der Waals surface area contributed by atoms with E-state index in [9.17, 15) is 0 Å². The maximum absolute atomic E-state index is 3.55. The van der Waals surface area contributed by atoms with E-state index in [1.165, 1.54) is 37.2 Å². The van der Waals surface area contributed by atoms with E-state index in [1.807, 2.05) is 0 Å². The van der Waals surface area contributed by atoms with Gasteiger partial charge in [0.05, 0.1) is 0 Å². The lowest BCUT2D eigenvalue weighted by atomic mass is 10.00. The maximum atomic E-state index is 3.55. The fourth-order valence-electron chi connectivity index (χ4n) is 3.07. The third-order valence-electron chi connectivity index (χ3n) is 4.11. The Labute approximate surface area is 104 Å². The minimum atomic E-state index is 0.629. The number of hydrogen-bond donors (Lipinski definition) is 1. The molecule has 0 spiro atoms. The summed E-state index contributed by atoms with van der Waals surface area (Å²) in [5.41, 5.74) is 4.52. The molecule has 0 aromatic heterocycles. The van der Waals surface area contributed by atoms with Crippen LogP contribution in [-0.4, -0.2) is 25.7 Å². The van der Waals surface area contributed by atoms with Crippen molar-refractivity contribution in [2.24, 2.45) is 0 Å². The second-order valence-corrected chi connectivity index (χ2v) is 5.65. The van der Waals surface area contributed by atoms with Crippen LogP contribution in [-0.2, 0) is 6.42 Å². The molecule has 1 atom stereocenters. The summed E-state index contributed by atoms with van der Waals surface area (Å²) in [5.74, 6) is 0.629. The van der Waals surface area contributed by atoms with Crippen molar-refractivity contribution >= 4 is 5.69 Å². The monoisotopic (exact) mass is 230 g/mol. The smallest absolute Gasteiger partial charge is 0.0455 e. The number of nitrogens with zero attached hydrogens (tertiary/aromatic N) is 1. The van der Waals surface area contributed by atoms with E-state index in [1.54, 1.807) is 5.56 Å². The lowest BCUT2D eigenvalue weighted by Gasteiger charge is -2.25. The zero-order valence-corrected chi connectivity index (χ0v) is 10.9. The summed E-state index contributed by atoms with van der Waals surface area (Å²) in [4.78, 5) is 2.63. The molecule has 92 valence electrons. The molecule has 2 heteroatoms. The van der Waals surface area contributed by atoms with Crippen molar-refractivity contribution in [2.45, 2.75) is 38.6 Å². The number of hydrogen-bond acceptors (Lipinski definition) is 2. The molecule has 1 saturated heterocycles. The van der Waals surface area contributed by atoms with Gasteiger partial charge in [0.15, 0.2) is 0 Å². The molecule has 0 radical (unpaired) electrons. The average Bonchev–Trinajstić information content (AvgIpc) is 2.51. The Balaban J connectivity index is 1.95. The highest BCUT2D eigenvalue weighted by molar-refractivity contribution is 5.61. The fourth-order valence-corrected chi connectivity index (χ4v) is 3.07. The van der Waals surface area contributed by atoms with E-state index in [-0.39, 0.29) is 0 Å². The van der Waals surface area contributed by atoms with Gasteiger partial charge in [0.2, 0.25) is 0 Å². The highest BCUT2D eigenvalue weighted by Gasteiger charge is 2.30. The Kier molecular flexibility index (Phi) is 2.83. The standard InChI is InChI=1S/C15H22N2/c1-11(2)12-4-5-13-8-14-10-16-6-3-7-17(14)15(13)9-12/h4-5,9,11,14,16H,3,6-8,10H2,1-2H3. The Bertz CT molecular complexity index is 411. The summed E-state index contributed by atoms with van der Waals surface area (Å²) < 4.78 is 0. The number of anilines is 1. The van der Waals surface area contributed by atoms with Gasteiger partial charge in [-0.05, 0) is 42.5 Å². The maximum Gasteiger partial charge on any atom is 0.0455 e. The summed E-state index contributed by atoms with van der Waals surface area (Å²) >= 11 is 0. The molecule has 1 unspecified atom stereocenters. The average molecular weight is 230 g/mol. The Morgan fingerprint density at radius 2 is 2.24 bits per heavy atom. The van der Waals surface area contributed by atoms with Gasteiger partial charge in [-0.1, -0.05) is 26.0 Å². The molecule has 3 rings (SSSR count). The van der Waals surface area contributed by atoms with Crippen LogP contribution in [0.3, 0.4) is 0 Å². The Morgan fingerprint density at radius 3 is 3.06 bits per heavy atom. The summed E-state index contributed by atoms with van der Waals surface area (Å²) in [6.45, 7) is 8.08. The molecule has 1 fully saturated rings. The molecular formula is C15H22N2. The Morgan fingerprint density at radius 1 is 1.35 bits per heavy atom. The summed E-state index contributed by atoms with van der Waals surface area (Å²) in [6.07, 6.45) is 2.49. The second-order valence-electron chi connectivity index (χ2n) is 5.65. The summed E-state index contributed by atoms with van der Waals surface area (Å²) in [7, 11) is 0. The van der Waals surface area contributed by atoms with E-state index in [2.05, 4.69) is 42.3 Å². The lowest BCUT2D eigenvalue weighted by Crippen LogP contribution is -2.36. The molecule has 1 N–H and O–H groups in total. The largest absolute Gasteiger partial charge is 0.367 e. The van der Waals surface area contributed by atoms with Crippen LogP contribution in [0.2, 0.25) is 0 Å². The van der Waals surface area contributed by atoms with Crippen molar-refractivity contribution < 1.29 is 0 Å². The number of nitrogens with one attached hydrogen (secondary N) is 1. The van der Waals surface area contributed by atoms with E-state index in [4.69, 9.17) is 0 Å². The van der Waals surface area contributed by atoms with Crippen LogP contribution in [0.5, 0.6) is 0 Å². The van der Waals surface area contributed by atoms with Crippen molar-refractivity contribution in [3.8, 4) is 0 Å². The molecule has 2 nitrogen and oxygen atoms in total. The summed E-state index contributed by atoms with van der Waals surface area (Å²) in [5, 5.41) is 3.55. The molecule has 2 aliphatic heterocycles. The van der Waals surface area contributed by atoms with Crippen molar-refractivity contribution in [1.82, 2.24) is 5.32 Å². The van der Waals surface area contributed by atoms with Crippen LogP contribution >= 0.6 is 0 Å². The van der Waals surface area contributed by atoms with Gasteiger partial charge in [0, 0.05) is 24.8 Å². The predicted molar refractivity (Wildman–Crippen MR) is 72.9 cm³/mol. The van der Waals surface area contributed by atoms with E-state index < -0.39 is 0 Å². The van der Waals surface area contributed by atoms with Crippen molar-refractivity contribution in [3.63, 3.8) is 0 Å². The molecule has 17 heavy (non-hydrogen) atoms. The van der Waals surface area contributed by atoms with Crippen LogP contribution in [0.15, 0.2) is 18.2 Å². The number of fused-ring (bicyclic) bond motifs is 3. The summed E-state index contributed by atoms with van der Waals surface area (Å²) in [6, 6.07) is 7.77. The first-order valence-electron chi connectivity index (χ1n) is 6.86. The predicted octanol–water partition coefficient (Wildman–Crippen LogP) is 2.53. The van der Waals surface area contributed by atoms with Gasteiger partial charge in [-0.25, -0.2) is 0 Å². The van der Waals surface area contributed by atoms with Crippen molar-refractivity contribution in [2.75, 3.05) is 24.5 Å². The molecule has 1 aromatic carbocycles. The normalized spacial score (nSPS) is 23.5. The number of rotatable bonds is 1. The van der Waals surface area contributed by atoms with Gasteiger partial charge in [-0.3, -0.25) is 0 Å². The van der Waals surface area contributed by atoms with Gasteiger partial charge >= 0.3 is 0 Å². The van der Waals surface area contributed by atoms with Gasteiger partial charge in [0.1, 0.15) is 0 Å². The highest BCUT2D eigenvalue weighted by Crippen LogP contribution is 2.35. The molecule has 2 heterocycles. The second kappa shape index (κ2) is 4.34. The van der Waals surface area contributed by atoms with Crippen LogP contribution in [0, 0.1) is 0 Å². The van der Waals surface area contributed by atoms with E-state index >= 15 is 0 Å². The molecule has 1 aromatic rings. The van der Waals surface area contributed by atoms with Crippen LogP contribution < -0.4 is 10.2 Å². The minimum absolute atomic E-state index is 0.629. The van der Waals surface area contributed by atoms with E-state index in [0.29, 0.717) is 12.0 Å². The molecule has 0 bridgehead atoms. The third kappa shape index (κ3) is 1.95. The van der Waals surface area contributed by atoms with Crippen molar-refractivity contribution in [1.29, 1.82) is 0 Å². The molecular weight excluding hydrogens is 208 g/mol. The number of benzene rings is 1. The van der Waals surface area contributed by atoms with Gasteiger partial charge in [-0.2, -0.15) is 0 Å². The van der Waals surface area contributed by atoms with Crippen LogP contribution in [0.4, 0.5) is 5.69 Å². The SMILES string of the molecule is CC(C)c1ccc2c(c1)N1CCCNCC1C2. The third-order valence-corrected chi connectivity index (χ3v) is 4.11. The van der Waals surface area contributed by atoms with Gasteiger partial charge in [0.25, 0.3) is 0 Å². The molecule has 0 saturated carbocycles. The zero-order valence-electron chi connectivity index (χ0n) is 10.9. The first-order valence-corrected chi connectivity index (χ1v) is 6.86. The lowest BCUT2D eigenvalue weighted by molar-refractivity contribution is 0.613. The first-order chi connectivity index (χ1) is 8.25. The fraction of sp³-hybridized carbons (Fsp3) is 0.600. The van der Waals surface area contributed by atoms with Crippen molar-refractivity contribution in [3.05, 3.63) is 29.3 Å². The zero-order chi connectivity index (χ0) is 11.8. The van der Waals surface area contributed by atoms with Crippen LogP contribution in [0.25, 0.3) is 0 Å². The molecule has 0 amide bonds. The van der Waals surface area contributed by atoms with Gasteiger partial charge in [-0.15, -0.1) is 0 Å². The molecule has 0 aliphatic carbocycles. The topological polar surface area (TPSA) is 15.3 Å². The van der Waals surface area contributed by atoms with E-state index in [0.717, 1.165) is 6.54 Å². The highest BCUT2D eigenvalue weighted by atomic mass is 15.2. The minimum Gasteiger partial charge on any atom is -0.367 e. The Hall–Kier alpha value is -1.02. The van der Waals surface area contributed by atoms with Gasteiger partial charge < -0.3 is 10.2 Å². The van der Waals surface area contributed by atoms with Crippen LogP contribution in [0.1, 0.15) is 37.3 Å².